The van der Waals surface area contributed by atoms with Crippen molar-refractivity contribution in [2.75, 3.05) is 46.2 Å². The van der Waals surface area contributed by atoms with Gasteiger partial charge in [0.1, 0.15) is 0 Å². The van der Waals surface area contributed by atoms with Crippen molar-refractivity contribution in [1.82, 2.24) is 5.32 Å². The molecule has 0 aliphatic carbocycles. The smallest absolute Gasteiger partial charge is 0.312 e. The van der Waals surface area contributed by atoms with Gasteiger partial charge < -0.3 is 35.1 Å². The summed E-state index contributed by atoms with van der Waals surface area (Å²) in [5, 5.41) is 10.8. The molecular formula is C12H24N2O7. The molecule has 0 aliphatic rings. The summed E-state index contributed by atoms with van der Waals surface area (Å²) >= 11 is 0. The number of aliphatic carboxylic acids is 1. The van der Waals surface area contributed by atoms with Gasteiger partial charge in [-0.1, -0.05) is 0 Å². The van der Waals surface area contributed by atoms with Crippen LogP contribution >= 0.6 is 0 Å². The molecule has 0 spiro atoms. The average Bonchev–Trinajstić information content (AvgIpc) is 2.41. The highest BCUT2D eigenvalue weighted by Gasteiger charge is 2.02. The fourth-order valence-corrected chi connectivity index (χ4v) is 1.20. The van der Waals surface area contributed by atoms with E-state index in [1.165, 1.54) is 0 Å². The summed E-state index contributed by atoms with van der Waals surface area (Å²) in [6.07, 6.45) is -0.419. The summed E-state index contributed by atoms with van der Waals surface area (Å²) < 4.78 is 20.8. The maximum Gasteiger partial charge on any atom is 0.312 e. The van der Waals surface area contributed by atoms with Gasteiger partial charge in [-0.3, -0.25) is 4.79 Å². The van der Waals surface area contributed by atoms with E-state index in [2.05, 4.69) is 5.32 Å². The lowest BCUT2D eigenvalue weighted by molar-refractivity contribution is -0.139. The fourth-order valence-electron chi connectivity index (χ4n) is 1.20. The zero-order chi connectivity index (χ0) is 15.9. The van der Waals surface area contributed by atoms with Crippen LogP contribution < -0.4 is 11.1 Å². The van der Waals surface area contributed by atoms with Crippen LogP contribution in [0.25, 0.3) is 0 Å². The van der Waals surface area contributed by atoms with Crippen LogP contribution in [0.1, 0.15) is 13.3 Å². The quantitative estimate of drug-likeness (QED) is 0.292. The zero-order valence-corrected chi connectivity index (χ0v) is 12.2. The topological polar surface area (TPSA) is 129 Å². The molecule has 0 fully saturated rings. The van der Waals surface area contributed by atoms with E-state index in [1.54, 1.807) is 6.92 Å². The Morgan fingerprint density at radius 1 is 1.05 bits per heavy atom. The number of hydrogen-bond acceptors (Lipinski definition) is 6. The number of amides is 2. The molecule has 2 amide bonds. The van der Waals surface area contributed by atoms with Gasteiger partial charge >= 0.3 is 12.0 Å². The van der Waals surface area contributed by atoms with Crippen LogP contribution in [0.15, 0.2) is 0 Å². The summed E-state index contributed by atoms with van der Waals surface area (Å²) in [6, 6.07) is -0.592. The summed E-state index contributed by atoms with van der Waals surface area (Å²) in [5.74, 6) is -0.885. The van der Waals surface area contributed by atoms with Crippen molar-refractivity contribution in [3.63, 3.8) is 0 Å². The largest absolute Gasteiger partial charge is 0.481 e. The minimum atomic E-state index is -0.885. The fraction of sp³-hybridized carbons (Fsp3) is 0.833. The molecule has 0 bridgehead atoms. The Balaban J connectivity index is 3.19. The van der Waals surface area contributed by atoms with Crippen molar-refractivity contribution in [2.45, 2.75) is 19.6 Å². The Kier molecular flexibility index (Phi) is 12.6. The highest BCUT2D eigenvalue weighted by molar-refractivity contribution is 5.71. The molecule has 9 nitrogen and oxygen atoms in total. The van der Waals surface area contributed by atoms with Gasteiger partial charge in [-0.15, -0.1) is 0 Å². The molecule has 0 saturated carbocycles. The van der Waals surface area contributed by atoms with E-state index >= 15 is 0 Å². The van der Waals surface area contributed by atoms with Gasteiger partial charge in [0.05, 0.1) is 46.1 Å². The lowest BCUT2D eigenvalue weighted by Gasteiger charge is -2.14. The maximum absolute atomic E-state index is 10.4. The number of urea groups is 1. The van der Waals surface area contributed by atoms with Crippen LogP contribution in [-0.4, -0.2) is 69.6 Å². The summed E-state index contributed by atoms with van der Waals surface area (Å²) in [7, 11) is 0. The van der Waals surface area contributed by atoms with E-state index in [0.717, 1.165) is 0 Å². The standard InChI is InChI=1S/C12H24N2O7/c1-10(20-5-3-14-12(13)17)21-9-8-19-7-6-18-4-2-11(15)16/h10H,2-9H2,1H3,(H,15,16)(H3,13,14,17). The lowest BCUT2D eigenvalue weighted by atomic mass is 10.5. The number of carboxylic acid groups (broad SMARTS) is 1. The van der Waals surface area contributed by atoms with Crippen LogP contribution in [0.2, 0.25) is 0 Å². The summed E-state index contributed by atoms with van der Waals surface area (Å²) in [4.78, 5) is 20.6. The molecule has 0 aliphatic heterocycles. The highest BCUT2D eigenvalue weighted by Crippen LogP contribution is 1.93. The van der Waals surface area contributed by atoms with E-state index in [4.69, 9.17) is 29.8 Å². The van der Waals surface area contributed by atoms with Crippen molar-refractivity contribution in [3.8, 4) is 0 Å². The van der Waals surface area contributed by atoms with Gasteiger partial charge in [-0.2, -0.15) is 0 Å². The normalized spacial score (nSPS) is 12.0. The van der Waals surface area contributed by atoms with E-state index < -0.39 is 18.3 Å². The Labute approximate surface area is 123 Å². The average molecular weight is 308 g/mol. The molecule has 0 heterocycles. The number of hydrogen-bond donors (Lipinski definition) is 3. The van der Waals surface area contributed by atoms with Crippen LogP contribution in [0.3, 0.4) is 0 Å². The first-order valence-corrected chi connectivity index (χ1v) is 6.66. The number of nitrogens with one attached hydrogen (secondary N) is 1. The summed E-state index contributed by atoms with van der Waals surface area (Å²) in [6.45, 7) is 4.02. The molecule has 0 aromatic heterocycles. The second kappa shape index (κ2) is 13.6. The van der Waals surface area contributed by atoms with Crippen molar-refractivity contribution < 1.29 is 33.6 Å². The first-order valence-electron chi connectivity index (χ1n) is 6.66. The van der Waals surface area contributed by atoms with Crippen LogP contribution in [0.5, 0.6) is 0 Å². The van der Waals surface area contributed by atoms with E-state index in [1.807, 2.05) is 0 Å². The number of carboxylic acids is 1. The van der Waals surface area contributed by atoms with Crippen LogP contribution in [0.4, 0.5) is 4.79 Å². The molecule has 0 aromatic rings. The molecule has 4 N–H and O–H groups in total. The van der Waals surface area contributed by atoms with Gasteiger partial charge in [-0.25, -0.2) is 4.79 Å². The van der Waals surface area contributed by atoms with E-state index in [-0.39, 0.29) is 13.0 Å². The SMILES string of the molecule is CC(OCCNC(N)=O)OCCOCCOCCC(=O)O. The van der Waals surface area contributed by atoms with Crippen molar-refractivity contribution in [1.29, 1.82) is 0 Å². The third-order valence-electron chi connectivity index (χ3n) is 2.17. The minimum absolute atomic E-state index is 0.0113. The predicted molar refractivity (Wildman–Crippen MR) is 72.8 cm³/mol. The Hall–Kier alpha value is -1.42. The molecular weight excluding hydrogens is 284 g/mol. The Bertz CT molecular complexity index is 289. The van der Waals surface area contributed by atoms with Crippen molar-refractivity contribution >= 4 is 12.0 Å². The predicted octanol–water partition coefficient (Wildman–Crippen LogP) is -0.458. The van der Waals surface area contributed by atoms with Crippen LogP contribution in [-0.2, 0) is 23.7 Å². The molecule has 1 unspecified atom stereocenters. The third-order valence-corrected chi connectivity index (χ3v) is 2.17. The molecule has 0 radical (unpaired) electrons. The second-order valence-electron chi connectivity index (χ2n) is 3.97. The summed E-state index contributed by atoms with van der Waals surface area (Å²) in [5.41, 5.74) is 4.89. The molecule has 0 rings (SSSR count). The molecule has 124 valence electrons. The lowest BCUT2D eigenvalue weighted by Crippen LogP contribution is -2.33. The van der Waals surface area contributed by atoms with Gasteiger partial charge in [0, 0.05) is 6.54 Å². The number of nitrogens with two attached hydrogens (primary N) is 1. The number of rotatable bonds is 14. The molecule has 21 heavy (non-hydrogen) atoms. The third kappa shape index (κ3) is 16.5. The van der Waals surface area contributed by atoms with Gasteiger partial charge in [0.2, 0.25) is 0 Å². The number of primary amides is 1. The Morgan fingerprint density at radius 3 is 2.24 bits per heavy atom. The Morgan fingerprint density at radius 2 is 1.62 bits per heavy atom. The molecule has 0 aromatic carbocycles. The van der Waals surface area contributed by atoms with Crippen LogP contribution in [0, 0.1) is 0 Å². The van der Waals surface area contributed by atoms with Crippen molar-refractivity contribution in [2.24, 2.45) is 5.73 Å². The zero-order valence-electron chi connectivity index (χ0n) is 12.2. The molecule has 1 atom stereocenters. The maximum atomic E-state index is 10.4. The highest BCUT2D eigenvalue weighted by atomic mass is 16.7. The van der Waals surface area contributed by atoms with Gasteiger partial charge in [0.25, 0.3) is 0 Å². The van der Waals surface area contributed by atoms with Gasteiger partial charge in [0.15, 0.2) is 6.29 Å². The molecule has 0 saturated heterocycles. The monoisotopic (exact) mass is 308 g/mol. The van der Waals surface area contributed by atoms with E-state index in [0.29, 0.717) is 39.6 Å². The first kappa shape index (κ1) is 19.6. The van der Waals surface area contributed by atoms with E-state index in [9.17, 15) is 9.59 Å². The number of ether oxygens (including phenoxy) is 4. The first-order chi connectivity index (χ1) is 10.0. The number of carbonyl (C=O) groups is 2. The molecule has 9 heteroatoms. The number of carbonyl (C=O) groups excluding carboxylic acids is 1. The van der Waals surface area contributed by atoms with Crippen molar-refractivity contribution in [3.05, 3.63) is 0 Å². The minimum Gasteiger partial charge on any atom is -0.481 e. The second-order valence-corrected chi connectivity index (χ2v) is 3.97. The van der Waals surface area contributed by atoms with Gasteiger partial charge in [-0.05, 0) is 6.92 Å².